The average molecular weight is 489 g/mol. The van der Waals surface area contributed by atoms with Crippen LogP contribution in [0, 0.1) is 19.1 Å². The molecule has 1 aliphatic rings. The predicted molar refractivity (Wildman–Crippen MR) is 140 cm³/mol. The van der Waals surface area contributed by atoms with Crippen molar-refractivity contribution < 1.29 is 19.4 Å². The van der Waals surface area contributed by atoms with Crippen molar-refractivity contribution in [3.63, 3.8) is 0 Å². The first-order valence-electron chi connectivity index (χ1n) is 12.6. The maximum Gasteiger partial charge on any atom is 0.410 e. The second-order valence-corrected chi connectivity index (χ2v) is 10.6. The number of pyridine rings is 1. The van der Waals surface area contributed by atoms with Gasteiger partial charge in [0.25, 0.3) is 0 Å². The van der Waals surface area contributed by atoms with Crippen LogP contribution in [0.4, 0.5) is 4.79 Å². The van der Waals surface area contributed by atoms with Gasteiger partial charge >= 0.3 is 6.09 Å². The number of carbonyl (C=O) groups excluding carboxylic acids is 1. The van der Waals surface area contributed by atoms with Crippen molar-refractivity contribution in [1.29, 1.82) is 0 Å². The molecule has 0 saturated carbocycles. The SMILES string of the molecule is Cc1cc(-c2ccc(CCCN3CC[C@](CC(C)(C)O)(c4ccccc4)OC3=O)cc2)cc(C)[n+]1[O-]. The highest BCUT2D eigenvalue weighted by Crippen LogP contribution is 2.40. The number of aliphatic hydroxyl groups is 1. The van der Waals surface area contributed by atoms with Gasteiger partial charge in [-0.2, -0.15) is 4.73 Å². The van der Waals surface area contributed by atoms with Crippen LogP contribution in [0.15, 0.2) is 66.7 Å². The summed E-state index contributed by atoms with van der Waals surface area (Å²) in [5.74, 6) is 0. The summed E-state index contributed by atoms with van der Waals surface area (Å²) in [6, 6.07) is 21.9. The fourth-order valence-electron chi connectivity index (χ4n) is 5.15. The van der Waals surface area contributed by atoms with Gasteiger partial charge in [-0.1, -0.05) is 54.6 Å². The van der Waals surface area contributed by atoms with Gasteiger partial charge in [-0.05, 0) is 48.9 Å². The molecule has 1 amide bonds. The molecule has 6 heteroatoms. The Morgan fingerprint density at radius 3 is 2.25 bits per heavy atom. The summed E-state index contributed by atoms with van der Waals surface area (Å²) in [6.07, 6.45) is 2.35. The number of amides is 1. The van der Waals surface area contributed by atoms with Gasteiger partial charge in [0.2, 0.25) is 0 Å². The van der Waals surface area contributed by atoms with E-state index in [0.717, 1.165) is 34.3 Å². The first kappa shape index (κ1) is 25.7. The van der Waals surface area contributed by atoms with Crippen LogP contribution in [0.2, 0.25) is 0 Å². The Morgan fingerprint density at radius 1 is 1.03 bits per heavy atom. The lowest BCUT2D eigenvalue weighted by Crippen LogP contribution is -2.50. The van der Waals surface area contributed by atoms with E-state index in [1.54, 1.807) is 18.7 Å². The zero-order valence-corrected chi connectivity index (χ0v) is 21.7. The minimum absolute atomic E-state index is 0.324. The average Bonchev–Trinajstić information content (AvgIpc) is 2.83. The van der Waals surface area contributed by atoms with Gasteiger partial charge in [-0.15, -0.1) is 0 Å². The first-order valence-corrected chi connectivity index (χ1v) is 12.6. The van der Waals surface area contributed by atoms with Crippen LogP contribution in [0.25, 0.3) is 11.1 Å². The number of cyclic esters (lactones) is 1. The van der Waals surface area contributed by atoms with Crippen LogP contribution in [-0.2, 0) is 16.8 Å². The fourth-order valence-corrected chi connectivity index (χ4v) is 5.15. The highest BCUT2D eigenvalue weighted by molar-refractivity contribution is 5.69. The lowest BCUT2D eigenvalue weighted by molar-refractivity contribution is -0.619. The number of nitrogens with zero attached hydrogens (tertiary/aromatic N) is 2. The summed E-state index contributed by atoms with van der Waals surface area (Å²) in [6.45, 7) is 8.35. The molecule has 1 saturated heterocycles. The van der Waals surface area contributed by atoms with E-state index in [2.05, 4.69) is 24.3 Å². The molecule has 4 rings (SSSR count). The Morgan fingerprint density at radius 2 is 1.67 bits per heavy atom. The van der Waals surface area contributed by atoms with Gasteiger partial charge in [-0.3, -0.25) is 0 Å². The largest absolute Gasteiger partial charge is 0.618 e. The van der Waals surface area contributed by atoms with E-state index in [9.17, 15) is 15.1 Å². The van der Waals surface area contributed by atoms with Crippen LogP contribution in [0.5, 0.6) is 0 Å². The molecular formula is C30H36N2O4. The quantitative estimate of drug-likeness (QED) is 0.339. The minimum atomic E-state index is -0.961. The zero-order valence-electron chi connectivity index (χ0n) is 21.7. The van der Waals surface area contributed by atoms with E-state index < -0.39 is 11.2 Å². The van der Waals surface area contributed by atoms with Crippen molar-refractivity contribution in [2.45, 2.75) is 64.6 Å². The van der Waals surface area contributed by atoms with Gasteiger partial charge in [-0.25, -0.2) is 4.79 Å². The van der Waals surface area contributed by atoms with Crippen molar-refractivity contribution >= 4 is 6.09 Å². The van der Waals surface area contributed by atoms with Crippen molar-refractivity contribution in [3.8, 4) is 11.1 Å². The van der Waals surface area contributed by atoms with Crippen LogP contribution < -0.4 is 4.73 Å². The smallest absolute Gasteiger partial charge is 0.410 e. The Bertz CT molecular complexity index is 1180. The van der Waals surface area contributed by atoms with Gasteiger partial charge in [0.15, 0.2) is 11.4 Å². The first-order chi connectivity index (χ1) is 17.1. The number of carbonyl (C=O) groups is 1. The van der Waals surface area contributed by atoms with E-state index in [4.69, 9.17) is 4.74 Å². The highest BCUT2D eigenvalue weighted by Gasteiger charge is 2.45. The Balaban J connectivity index is 1.36. The summed E-state index contributed by atoms with van der Waals surface area (Å²) in [5, 5.41) is 22.4. The molecule has 6 nitrogen and oxygen atoms in total. The molecule has 3 aromatic rings. The fraction of sp³-hybridized carbons (Fsp3) is 0.400. The normalized spacial score (nSPS) is 18.2. The van der Waals surface area contributed by atoms with Gasteiger partial charge in [0.1, 0.15) is 5.60 Å². The van der Waals surface area contributed by atoms with Crippen molar-refractivity contribution in [2.24, 2.45) is 0 Å². The maximum atomic E-state index is 13.0. The monoisotopic (exact) mass is 488 g/mol. The summed E-state index contributed by atoms with van der Waals surface area (Å²) < 4.78 is 6.99. The van der Waals surface area contributed by atoms with E-state index in [1.807, 2.05) is 56.3 Å². The Kier molecular flexibility index (Phi) is 7.36. The van der Waals surface area contributed by atoms with Crippen molar-refractivity contribution in [2.75, 3.05) is 13.1 Å². The molecule has 1 aromatic heterocycles. The lowest BCUT2D eigenvalue weighted by atomic mass is 9.80. The number of benzene rings is 2. The molecule has 1 N–H and O–H groups in total. The third kappa shape index (κ3) is 5.88. The Hall–Kier alpha value is -3.38. The van der Waals surface area contributed by atoms with Gasteiger partial charge in [0, 0.05) is 51.9 Å². The van der Waals surface area contributed by atoms with E-state index in [1.165, 1.54) is 5.56 Å². The molecule has 1 atom stereocenters. The number of hydrogen-bond donors (Lipinski definition) is 1. The number of hydrogen-bond acceptors (Lipinski definition) is 4. The number of aromatic nitrogens is 1. The molecule has 36 heavy (non-hydrogen) atoms. The molecular weight excluding hydrogens is 452 g/mol. The number of rotatable bonds is 8. The molecule has 0 spiro atoms. The van der Waals surface area contributed by atoms with Gasteiger partial charge in [0.05, 0.1) is 5.60 Å². The molecule has 1 aliphatic heterocycles. The topological polar surface area (TPSA) is 76.7 Å². The van der Waals surface area contributed by atoms with Crippen molar-refractivity contribution in [1.82, 2.24) is 4.90 Å². The lowest BCUT2D eigenvalue weighted by Gasteiger charge is -2.44. The van der Waals surface area contributed by atoms with E-state index >= 15 is 0 Å². The molecule has 0 radical (unpaired) electrons. The minimum Gasteiger partial charge on any atom is -0.618 e. The molecule has 1 fully saturated rings. The van der Waals surface area contributed by atoms with Crippen LogP contribution in [-0.4, -0.2) is 34.8 Å². The van der Waals surface area contributed by atoms with E-state index in [-0.39, 0.29) is 6.09 Å². The summed E-state index contributed by atoms with van der Waals surface area (Å²) in [5.41, 5.74) is 3.83. The summed E-state index contributed by atoms with van der Waals surface area (Å²) in [4.78, 5) is 14.8. The molecule has 0 bridgehead atoms. The third-order valence-corrected chi connectivity index (χ3v) is 6.89. The molecule has 0 unspecified atom stereocenters. The summed E-state index contributed by atoms with van der Waals surface area (Å²) >= 11 is 0. The standard InChI is InChI=1S/C30H36N2O4/c1-22-19-26(20-23(2)32(22)35)25-14-12-24(13-15-25)9-8-17-31-18-16-30(36-28(31)33,21-29(3,4)34)27-10-6-5-7-11-27/h5-7,10-15,19-20,34H,8-9,16-18,21H2,1-4H3/t30-/m0/s1. The van der Waals surface area contributed by atoms with Crippen LogP contribution >= 0.6 is 0 Å². The Labute approximate surface area is 213 Å². The van der Waals surface area contributed by atoms with Gasteiger partial charge < -0.3 is 20.0 Å². The molecule has 2 aromatic carbocycles. The van der Waals surface area contributed by atoms with Crippen LogP contribution in [0.1, 0.15) is 55.6 Å². The molecule has 2 heterocycles. The predicted octanol–water partition coefficient (Wildman–Crippen LogP) is 5.44. The summed E-state index contributed by atoms with van der Waals surface area (Å²) in [7, 11) is 0. The maximum absolute atomic E-state index is 13.0. The second-order valence-electron chi connectivity index (χ2n) is 10.6. The highest BCUT2D eigenvalue weighted by atomic mass is 16.6. The third-order valence-electron chi connectivity index (χ3n) is 6.89. The number of aryl methyl sites for hydroxylation is 3. The molecule has 190 valence electrons. The molecule has 0 aliphatic carbocycles. The van der Waals surface area contributed by atoms with Crippen LogP contribution in [0.3, 0.4) is 0 Å². The zero-order chi connectivity index (χ0) is 25.9. The number of ether oxygens (including phenoxy) is 1. The van der Waals surface area contributed by atoms with E-state index in [0.29, 0.717) is 37.3 Å². The van der Waals surface area contributed by atoms with Crippen molar-refractivity contribution in [3.05, 3.63) is 94.5 Å². The second kappa shape index (κ2) is 10.3.